The molecule has 17 heavy (non-hydrogen) atoms. The van der Waals surface area contributed by atoms with E-state index < -0.39 is 0 Å². The van der Waals surface area contributed by atoms with Crippen molar-refractivity contribution in [1.29, 1.82) is 0 Å². The first-order chi connectivity index (χ1) is 8.04. The summed E-state index contributed by atoms with van der Waals surface area (Å²) in [4.78, 5) is 8.06. The molecule has 0 aliphatic carbocycles. The Bertz CT molecular complexity index is 718. The van der Waals surface area contributed by atoms with Gasteiger partial charge < -0.3 is 0 Å². The summed E-state index contributed by atoms with van der Waals surface area (Å²) >= 11 is 19.4. The second-order valence-electron chi connectivity index (χ2n) is 3.21. The average Bonchev–Trinajstić information content (AvgIpc) is 2.55. The van der Waals surface area contributed by atoms with Gasteiger partial charge in [-0.15, -0.1) is 11.3 Å². The Kier molecular flexibility index (Phi) is 3.73. The Balaban J connectivity index is 3.05. The van der Waals surface area contributed by atoms with Gasteiger partial charge in [-0.1, -0.05) is 35.9 Å². The molecule has 2 aromatic rings. The van der Waals surface area contributed by atoms with E-state index >= 15 is 0 Å². The number of fused-ring (bicyclic) bond motifs is 1. The summed E-state index contributed by atoms with van der Waals surface area (Å²) in [7, 11) is 0. The van der Waals surface area contributed by atoms with Crippen molar-refractivity contribution in [3.05, 3.63) is 32.3 Å². The molecule has 0 aliphatic rings. The van der Waals surface area contributed by atoms with Crippen LogP contribution in [0.3, 0.4) is 0 Å². The number of aromatic nitrogens is 2. The smallest absolute Gasteiger partial charge is 0.216 e. The molecule has 0 aromatic carbocycles. The van der Waals surface area contributed by atoms with Gasteiger partial charge in [-0.05, 0) is 24.6 Å². The lowest BCUT2D eigenvalue weighted by molar-refractivity contribution is 1.22. The average molecular weight is 306 g/mol. The summed E-state index contributed by atoms with van der Waals surface area (Å²) < 4.78 is 1.54. The lowest BCUT2D eigenvalue weighted by Gasteiger charge is -1.94. The fraction of sp³-hybridized carbons (Fsp3) is 0.0909. The van der Waals surface area contributed by atoms with Crippen LogP contribution in [0.2, 0.25) is 10.4 Å². The summed E-state index contributed by atoms with van der Waals surface area (Å²) in [5.41, 5.74) is 0.646. The molecule has 0 bridgehead atoms. The Morgan fingerprint density at radius 2 is 2.06 bits per heavy atom. The van der Waals surface area contributed by atoms with Crippen LogP contribution < -0.4 is 9.75 Å². The fourth-order valence-electron chi connectivity index (χ4n) is 1.44. The normalized spacial score (nSPS) is 13.6. The number of nitrogens with zero attached hydrogens (tertiary/aromatic N) is 2. The Morgan fingerprint density at radius 3 is 2.71 bits per heavy atom. The van der Waals surface area contributed by atoms with E-state index in [2.05, 4.69) is 16.5 Å². The van der Waals surface area contributed by atoms with E-state index in [0.717, 1.165) is 14.5 Å². The molecule has 88 valence electrons. The van der Waals surface area contributed by atoms with E-state index in [1.165, 1.54) is 11.3 Å². The summed E-state index contributed by atoms with van der Waals surface area (Å²) in [6.07, 6.45) is 3.62. The standard InChI is InChI=1S/C11H7Cl3N2S/c1-3-4-6(12)7-5(2)17-9-8(7)15-11(14)16-10(9)13/h3-4H,2H2,1H3/b4-3-,7-6-. The molecule has 2 aromatic heterocycles. The van der Waals surface area contributed by atoms with E-state index in [1.807, 2.05) is 13.0 Å². The lowest BCUT2D eigenvalue weighted by atomic mass is 10.3. The molecular weight excluding hydrogens is 299 g/mol. The van der Waals surface area contributed by atoms with Crippen molar-refractivity contribution >= 4 is 68.0 Å². The molecule has 2 rings (SSSR count). The van der Waals surface area contributed by atoms with Crippen molar-refractivity contribution in [1.82, 2.24) is 9.97 Å². The zero-order chi connectivity index (χ0) is 12.6. The molecule has 0 radical (unpaired) electrons. The third-order valence-corrected chi connectivity index (χ3v) is 4.00. The van der Waals surface area contributed by atoms with Gasteiger partial charge >= 0.3 is 0 Å². The maximum Gasteiger partial charge on any atom is 0.224 e. The van der Waals surface area contributed by atoms with Gasteiger partial charge in [0.1, 0.15) is 0 Å². The number of rotatable bonds is 1. The van der Waals surface area contributed by atoms with E-state index in [-0.39, 0.29) is 5.28 Å². The van der Waals surface area contributed by atoms with Gasteiger partial charge in [-0.2, -0.15) is 0 Å². The Morgan fingerprint density at radius 1 is 1.35 bits per heavy atom. The molecule has 0 fully saturated rings. The molecule has 0 amide bonds. The Hall–Kier alpha value is -0.610. The van der Waals surface area contributed by atoms with Crippen LogP contribution in [0.15, 0.2) is 12.2 Å². The third-order valence-electron chi connectivity index (χ3n) is 2.09. The maximum absolute atomic E-state index is 6.19. The van der Waals surface area contributed by atoms with Gasteiger partial charge in [0.25, 0.3) is 0 Å². The molecule has 0 unspecified atom stereocenters. The number of hydrogen-bond acceptors (Lipinski definition) is 3. The Labute approximate surface area is 117 Å². The first-order valence-corrected chi connectivity index (χ1v) is 6.62. The number of halogens is 3. The SMILES string of the molecule is C=c1sc2c(Cl)nc(Cl)nc2/c1=C(Cl)/C=C\C. The molecule has 0 N–H and O–H groups in total. The predicted octanol–water partition coefficient (Wildman–Crippen LogP) is 3.33. The summed E-state index contributed by atoms with van der Waals surface area (Å²) in [5.74, 6) is 0. The van der Waals surface area contributed by atoms with Crippen LogP contribution in [0.1, 0.15) is 6.92 Å². The second kappa shape index (κ2) is 4.94. The van der Waals surface area contributed by atoms with Crippen LogP contribution in [0.4, 0.5) is 0 Å². The van der Waals surface area contributed by atoms with E-state index in [0.29, 0.717) is 15.7 Å². The van der Waals surface area contributed by atoms with Crippen LogP contribution in [-0.4, -0.2) is 9.97 Å². The molecule has 2 nitrogen and oxygen atoms in total. The van der Waals surface area contributed by atoms with Gasteiger partial charge in [0, 0.05) is 9.75 Å². The molecule has 0 saturated carbocycles. The first kappa shape index (κ1) is 12.8. The third kappa shape index (κ3) is 2.33. The minimum atomic E-state index is 0.103. The van der Waals surface area contributed by atoms with Gasteiger partial charge in [0.05, 0.1) is 15.2 Å². The van der Waals surface area contributed by atoms with Crippen molar-refractivity contribution < 1.29 is 0 Å². The van der Waals surface area contributed by atoms with Gasteiger partial charge in [-0.3, -0.25) is 0 Å². The molecular formula is C11H7Cl3N2S. The lowest BCUT2D eigenvalue weighted by Crippen LogP contribution is -2.19. The largest absolute Gasteiger partial charge is 0.224 e. The van der Waals surface area contributed by atoms with Crippen molar-refractivity contribution in [3.8, 4) is 0 Å². The zero-order valence-corrected chi connectivity index (χ0v) is 11.9. The van der Waals surface area contributed by atoms with Crippen LogP contribution in [0, 0.1) is 0 Å². The van der Waals surface area contributed by atoms with E-state index in [4.69, 9.17) is 34.8 Å². The molecule has 0 aliphatic heterocycles. The highest BCUT2D eigenvalue weighted by molar-refractivity contribution is 7.17. The van der Waals surface area contributed by atoms with Crippen LogP contribution in [-0.2, 0) is 0 Å². The molecule has 6 heteroatoms. The van der Waals surface area contributed by atoms with Crippen molar-refractivity contribution in [2.45, 2.75) is 6.92 Å². The van der Waals surface area contributed by atoms with Crippen molar-refractivity contribution in [2.75, 3.05) is 0 Å². The summed E-state index contributed by atoms with van der Waals surface area (Å²) in [6.45, 7) is 5.83. The molecule has 2 heterocycles. The predicted molar refractivity (Wildman–Crippen MR) is 76.3 cm³/mol. The summed E-state index contributed by atoms with van der Waals surface area (Å²) in [6, 6.07) is 0. The van der Waals surface area contributed by atoms with Gasteiger partial charge in [0.15, 0.2) is 5.15 Å². The first-order valence-electron chi connectivity index (χ1n) is 4.67. The van der Waals surface area contributed by atoms with Gasteiger partial charge in [0.2, 0.25) is 5.28 Å². The minimum Gasteiger partial charge on any atom is -0.216 e. The quantitative estimate of drug-likeness (QED) is 0.596. The van der Waals surface area contributed by atoms with Crippen molar-refractivity contribution in [3.63, 3.8) is 0 Å². The van der Waals surface area contributed by atoms with Crippen LogP contribution >= 0.6 is 46.1 Å². The van der Waals surface area contributed by atoms with Crippen LogP contribution in [0.25, 0.3) is 21.8 Å². The highest BCUT2D eigenvalue weighted by atomic mass is 35.5. The highest BCUT2D eigenvalue weighted by Crippen LogP contribution is 2.22. The molecule has 0 saturated heterocycles. The summed E-state index contributed by atoms with van der Waals surface area (Å²) in [5, 5.41) is 1.75. The second-order valence-corrected chi connectivity index (χ2v) is 5.42. The van der Waals surface area contributed by atoms with E-state index in [1.54, 1.807) is 6.08 Å². The minimum absolute atomic E-state index is 0.103. The maximum atomic E-state index is 6.19. The van der Waals surface area contributed by atoms with Gasteiger partial charge in [-0.25, -0.2) is 9.97 Å². The zero-order valence-electron chi connectivity index (χ0n) is 8.80. The van der Waals surface area contributed by atoms with Crippen LogP contribution in [0.5, 0.6) is 0 Å². The number of hydrogen-bond donors (Lipinski definition) is 0. The number of allylic oxidation sites excluding steroid dienone is 2. The van der Waals surface area contributed by atoms with E-state index in [9.17, 15) is 0 Å². The van der Waals surface area contributed by atoms with Crippen molar-refractivity contribution in [2.24, 2.45) is 0 Å². The highest BCUT2D eigenvalue weighted by Gasteiger charge is 2.10. The fourth-order valence-corrected chi connectivity index (χ4v) is 3.25. The molecule has 0 atom stereocenters. The molecule has 0 spiro atoms. The monoisotopic (exact) mass is 304 g/mol. The topological polar surface area (TPSA) is 25.8 Å². The number of thiophene rings is 1.